The molecule has 2 heterocycles. The van der Waals surface area contributed by atoms with E-state index in [1.165, 1.54) is 58.4 Å². The lowest BCUT2D eigenvalue weighted by Crippen LogP contribution is -2.48. The first-order valence-electron chi connectivity index (χ1n) is 9.05. The zero-order valence-electron chi connectivity index (χ0n) is 14.1. The van der Waals surface area contributed by atoms with Crippen molar-refractivity contribution in [1.29, 1.82) is 0 Å². The summed E-state index contributed by atoms with van der Waals surface area (Å²) < 4.78 is 0. The van der Waals surface area contributed by atoms with Gasteiger partial charge in [-0.3, -0.25) is 4.90 Å². The van der Waals surface area contributed by atoms with E-state index < -0.39 is 0 Å². The van der Waals surface area contributed by atoms with Crippen molar-refractivity contribution in [2.24, 2.45) is 0 Å². The van der Waals surface area contributed by atoms with Crippen LogP contribution in [0, 0.1) is 0 Å². The van der Waals surface area contributed by atoms with Gasteiger partial charge in [-0.2, -0.15) is 0 Å². The first-order valence-corrected chi connectivity index (χ1v) is 9.05. The van der Waals surface area contributed by atoms with E-state index in [1.54, 1.807) is 0 Å². The minimum Gasteiger partial charge on any atom is -0.394 e. The van der Waals surface area contributed by atoms with E-state index in [4.69, 9.17) is 0 Å². The molecule has 0 aromatic heterocycles. The Bertz CT molecular complexity index is 294. The van der Waals surface area contributed by atoms with Crippen LogP contribution >= 0.6 is 0 Å². The van der Waals surface area contributed by atoms with Crippen LogP contribution < -0.4 is 5.32 Å². The van der Waals surface area contributed by atoms with Gasteiger partial charge in [0, 0.05) is 18.1 Å². The van der Waals surface area contributed by atoms with E-state index in [0.717, 1.165) is 25.4 Å². The molecule has 4 heteroatoms. The Labute approximate surface area is 130 Å². The summed E-state index contributed by atoms with van der Waals surface area (Å²) in [7, 11) is 0. The van der Waals surface area contributed by atoms with Gasteiger partial charge in [-0.1, -0.05) is 13.8 Å². The summed E-state index contributed by atoms with van der Waals surface area (Å²) in [5.41, 5.74) is -0.0556. The minimum absolute atomic E-state index is 0.0556. The molecule has 2 aliphatic heterocycles. The molecule has 2 fully saturated rings. The molecule has 21 heavy (non-hydrogen) atoms. The second-order valence-corrected chi connectivity index (χ2v) is 6.91. The van der Waals surface area contributed by atoms with Gasteiger partial charge in [-0.05, 0) is 71.2 Å². The summed E-state index contributed by atoms with van der Waals surface area (Å²) in [5, 5.41) is 13.2. The van der Waals surface area contributed by atoms with Crippen molar-refractivity contribution in [2.75, 3.05) is 45.9 Å². The van der Waals surface area contributed by atoms with Crippen molar-refractivity contribution in [3.05, 3.63) is 0 Å². The maximum Gasteiger partial charge on any atom is 0.0613 e. The summed E-state index contributed by atoms with van der Waals surface area (Å²) in [6.07, 6.45) is 7.38. The number of nitrogens with zero attached hydrogens (tertiary/aromatic N) is 2. The quantitative estimate of drug-likeness (QED) is 0.715. The van der Waals surface area contributed by atoms with Gasteiger partial charge in [-0.25, -0.2) is 0 Å². The largest absolute Gasteiger partial charge is 0.394 e. The van der Waals surface area contributed by atoms with Gasteiger partial charge >= 0.3 is 0 Å². The van der Waals surface area contributed by atoms with Crippen molar-refractivity contribution in [3.8, 4) is 0 Å². The maximum absolute atomic E-state index is 9.73. The number of nitrogens with one attached hydrogen (secondary N) is 1. The van der Waals surface area contributed by atoms with Crippen LogP contribution in [-0.2, 0) is 0 Å². The first-order chi connectivity index (χ1) is 10.2. The predicted octanol–water partition coefficient (Wildman–Crippen LogP) is 1.69. The lowest BCUT2D eigenvalue weighted by Gasteiger charge is -2.33. The van der Waals surface area contributed by atoms with E-state index in [-0.39, 0.29) is 12.1 Å². The first kappa shape index (κ1) is 17.2. The number of aliphatic hydroxyl groups excluding tert-OH is 1. The molecule has 0 bridgehead atoms. The Morgan fingerprint density at radius 1 is 1.19 bits per heavy atom. The van der Waals surface area contributed by atoms with Gasteiger partial charge in [0.2, 0.25) is 0 Å². The Kier molecular flexibility index (Phi) is 6.93. The average Bonchev–Trinajstić information content (AvgIpc) is 2.85. The third kappa shape index (κ3) is 4.65. The van der Waals surface area contributed by atoms with Crippen molar-refractivity contribution in [2.45, 2.75) is 64.0 Å². The predicted molar refractivity (Wildman–Crippen MR) is 88.7 cm³/mol. The summed E-state index contributed by atoms with van der Waals surface area (Å²) in [5.74, 6) is 0. The van der Waals surface area contributed by atoms with E-state index in [9.17, 15) is 5.11 Å². The van der Waals surface area contributed by atoms with Crippen LogP contribution in [0.1, 0.15) is 52.4 Å². The fourth-order valence-electron chi connectivity index (χ4n) is 4.14. The fourth-order valence-corrected chi connectivity index (χ4v) is 4.14. The van der Waals surface area contributed by atoms with Crippen molar-refractivity contribution in [1.82, 2.24) is 15.1 Å². The normalized spacial score (nSPS) is 27.3. The topological polar surface area (TPSA) is 38.7 Å². The molecule has 124 valence electrons. The molecule has 0 aromatic carbocycles. The van der Waals surface area contributed by atoms with Crippen LogP contribution in [-0.4, -0.2) is 72.4 Å². The molecule has 2 saturated heterocycles. The molecule has 0 aliphatic carbocycles. The third-order valence-electron chi connectivity index (χ3n) is 5.55. The molecule has 4 nitrogen and oxygen atoms in total. The molecule has 2 N–H and O–H groups in total. The number of rotatable bonds is 8. The van der Waals surface area contributed by atoms with E-state index in [0.29, 0.717) is 0 Å². The number of hydrogen-bond acceptors (Lipinski definition) is 4. The van der Waals surface area contributed by atoms with Gasteiger partial charge in [-0.15, -0.1) is 0 Å². The van der Waals surface area contributed by atoms with Gasteiger partial charge in [0.15, 0.2) is 0 Å². The van der Waals surface area contributed by atoms with E-state index >= 15 is 0 Å². The summed E-state index contributed by atoms with van der Waals surface area (Å²) in [6, 6.07) is 0.815. The summed E-state index contributed by atoms with van der Waals surface area (Å²) >= 11 is 0. The highest BCUT2D eigenvalue weighted by Crippen LogP contribution is 2.22. The molecule has 0 amide bonds. The van der Waals surface area contributed by atoms with Crippen LogP contribution in [0.5, 0.6) is 0 Å². The fraction of sp³-hybridized carbons (Fsp3) is 1.00. The SMILES string of the molecule is CCNC(CC)(CO)CCCN1CCCN2CCCC2C1. The molecular formula is C17H35N3O. The molecule has 0 aromatic rings. The molecule has 0 spiro atoms. The highest BCUT2D eigenvalue weighted by atomic mass is 16.3. The molecule has 0 saturated carbocycles. The molecular weight excluding hydrogens is 262 g/mol. The van der Waals surface area contributed by atoms with E-state index in [2.05, 4.69) is 29.0 Å². The van der Waals surface area contributed by atoms with Crippen LogP contribution in [0.4, 0.5) is 0 Å². The lowest BCUT2D eigenvalue weighted by atomic mass is 9.91. The number of likely N-dealkylation sites (N-methyl/N-ethyl adjacent to an activating group) is 1. The zero-order chi connectivity index (χ0) is 15.1. The van der Waals surface area contributed by atoms with Gasteiger partial charge in [0.25, 0.3) is 0 Å². The van der Waals surface area contributed by atoms with Crippen molar-refractivity contribution in [3.63, 3.8) is 0 Å². The Morgan fingerprint density at radius 2 is 2.00 bits per heavy atom. The third-order valence-corrected chi connectivity index (χ3v) is 5.55. The lowest BCUT2D eigenvalue weighted by molar-refractivity contribution is 0.138. The molecule has 0 radical (unpaired) electrons. The van der Waals surface area contributed by atoms with E-state index in [1.807, 2.05) is 0 Å². The smallest absolute Gasteiger partial charge is 0.0613 e. The highest BCUT2D eigenvalue weighted by molar-refractivity contribution is 4.88. The van der Waals surface area contributed by atoms with Crippen LogP contribution in [0.2, 0.25) is 0 Å². The summed E-state index contributed by atoms with van der Waals surface area (Å²) in [6.45, 7) is 11.8. The van der Waals surface area contributed by atoms with Crippen LogP contribution in [0.3, 0.4) is 0 Å². The van der Waals surface area contributed by atoms with Crippen molar-refractivity contribution < 1.29 is 5.11 Å². The Morgan fingerprint density at radius 3 is 2.71 bits per heavy atom. The molecule has 2 aliphatic rings. The second kappa shape index (κ2) is 8.47. The molecule has 2 atom stereocenters. The minimum atomic E-state index is -0.0556. The number of hydrogen-bond donors (Lipinski definition) is 2. The average molecular weight is 297 g/mol. The maximum atomic E-state index is 9.73. The summed E-state index contributed by atoms with van der Waals surface area (Å²) in [4.78, 5) is 5.36. The number of aliphatic hydroxyl groups is 1. The monoisotopic (exact) mass is 297 g/mol. The zero-order valence-corrected chi connectivity index (χ0v) is 14.1. The van der Waals surface area contributed by atoms with Gasteiger partial charge < -0.3 is 15.3 Å². The molecule has 2 unspecified atom stereocenters. The van der Waals surface area contributed by atoms with Crippen LogP contribution in [0.25, 0.3) is 0 Å². The van der Waals surface area contributed by atoms with Gasteiger partial charge in [0.05, 0.1) is 6.61 Å². The highest BCUT2D eigenvalue weighted by Gasteiger charge is 2.29. The molecule has 2 rings (SSSR count). The standard InChI is InChI=1S/C17H35N3O/c1-3-17(15-21,18-4-2)9-6-10-19-11-7-13-20-12-5-8-16(20)14-19/h16,18,21H,3-15H2,1-2H3. The number of fused-ring (bicyclic) bond motifs is 1. The van der Waals surface area contributed by atoms with Gasteiger partial charge in [0.1, 0.15) is 0 Å². The Balaban J connectivity index is 1.76. The Hall–Kier alpha value is -0.160. The second-order valence-electron chi connectivity index (χ2n) is 6.91. The van der Waals surface area contributed by atoms with Crippen LogP contribution in [0.15, 0.2) is 0 Å². The van der Waals surface area contributed by atoms with Crippen molar-refractivity contribution >= 4 is 0 Å².